The van der Waals surface area contributed by atoms with Gasteiger partial charge in [-0.1, -0.05) is 60.1 Å². The van der Waals surface area contributed by atoms with Crippen LogP contribution in [0, 0.1) is 0 Å². The van der Waals surface area contributed by atoms with Gasteiger partial charge in [0.25, 0.3) is 0 Å². The number of ether oxygens (including phenoxy) is 2. The highest BCUT2D eigenvalue weighted by molar-refractivity contribution is 7.98. The predicted octanol–water partition coefficient (Wildman–Crippen LogP) is 5.42. The molecule has 8 heteroatoms. The predicted molar refractivity (Wildman–Crippen MR) is 131 cm³/mol. The third kappa shape index (κ3) is 5.65. The molecule has 0 amide bonds. The van der Waals surface area contributed by atoms with Crippen molar-refractivity contribution >= 4 is 23.4 Å². The Bertz CT molecular complexity index is 1070. The number of benzene rings is 2. The van der Waals surface area contributed by atoms with E-state index in [0.717, 1.165) is 60.6 Å². The molecule has 1 fully saturated rings. The molecule has 0 spiro atoms. The summed E-state index contributed by atoms with van der Waals surface area (Å²) >= 11 is 8.18. The van der Waals surface area contributed by atoms with E-state index in [1.54, 1.807) is 11.8 Å². The summed E-state index contributed by atoms with van der Waals surface area (Å²) in [5.74, 6) is 3.14. The standard InChI is InChI=1S/C25H29ClN4O2S/c26-21-14-20(15-22-24(21)32-13-7-12-31-22)18-33-25-28-27-23(17-29-10-5-2-6-11-29)30(25)16-19-8-3-1-4-9-19/h1,3-4,8-9,14-15H,2,5-7,10-13,16-18H2. The van der Waals surface area contributed by atoms with E-state index >= 15 is 0 Å². The molecular weight excluding hydrogens is 456 g/mol. The van der Waals surface area contributed by atoms with Crippen LogP contribution in [0.2, 0.25) is 5.02 Å². The Hall–Kier alpha value is -2.22. The highest BCUT2D eigenvalue weighted by atomic mass is 35.5. The van der Waals surface area contributed by atoms with Gasteiger partial charge in [0.1, 0.15) is 5.82 Å². The van der Waals surface area contributed by atoms with Crippen molar-refractivity contribution < 1.29 is 9.47 Å². The number of likely N-dealkylation sites (tertiary alicyclic amines) is 1. The lowest BCUT2D eigenvalue weighted by molar-refractivity contribution is 0.213. The zero-order chi connectivity index (χ0) is 22.5. The lowest BCUT2D eigenvalue weighted by Crippen LogP contribution is -2.30. The third-order valence-electron chi connectivity index (χ3n) is 6.02. The van der Waals surface area contributed by atoms with Gasteiger partial charge < -0.3 is 14.0 Å². The van der Waals surface area contributed by atoms with Gasteiger partial charge in [-0.15, -0.1) is 10.2 Å². The Morgan fingerprint density at radius 3 is 2.55 bits per heavy atom. The maximum Gasteiger partial charge on any atom is 0.191 e. The molecule has 0 N–H and O–H groups in total. The third-order valence-corrected chi connectivity index (χ3v) is 7.34. The summed E-state index contributed by atoms with van der Waals surface area (Å²) in [7, 11) is 0. The molecule has 2 aliphatic heterocycles. The number of halogens is 1. The Balaban J connectivity index is 1.36. The van der Waals surface area contributed by atoms with E-state index in [1.165, 1.54) is 24.8 Å². The molecule has 5 rings (SSSR count). The largest absolute Gasteiger partial charge is 0.489 e. The molecule has 0 unspecified atom stereocenters. The highest BCUT2D eigenvalue weighted by Gasteiger charge is 2.19. The first-order chi connectivity index (χ1) is 16.3. The summed E-state index contributed by atoms with van der Waals surface area (Å²) in [5, 5.41) is 10.7. The Labute approximate surface area is 204 Å². The van der Waals surface area contributed by atoms with Crippen molar-refractivity contribution in [3.63, 3.8) is 0 Å². The smallest absolute Gasteiger partial charge is 0.191 e. The second kappa shape index (κ2) is 10.8. The molecule has 174 valence electrons. The molecule has 6 nitrogen and oxygen atoms in total. The van der Waals surface area contributed by atoms with Crippen LogP contribution in [0.3, 0.4) is 0 Å². The van der Waals surface area contributed by atoms with Crippen molar-refractivity contribution in [1.29, 1.82) is 0 Å². The van der Waals surface area contributed by atoms with Gasteiger partial charge in [0.05, 0.1) is 31.3 Å². The van der Waals surface area contributed by atoms with Gasteiger partial charge in [-0.25, -0.2) is 0 Å². The second-order valence-corrected chi connectivity index (χ2v) is 9.90. The molecule has 0 radical (unpaired) electrons. The van der Waals surface area contributed by atoms with Gasteiger partial charge >= 0.3 is 0 Å². The summed E-state index contributed by atoms with van der Waals surface area (Å²) in [4.78, 5) is 2.49. The Kier molecular flexibility index (Phi) is 7.39. The molecule has 0 saturated carbocycles. The van der Waals surface area contributed by atoms with E-state index < -0.39 is 0 Å². The molecule has 0 aliphatic carbocycles. The zero-order valence-electron chi connectivity index (χ0n) is 18.7. The summed E-state index contributed by atoms with van der Waals surface area (Å²) in [6.45, 7) is 5.15. The number of aromatic nitrogens is 3. The topological polar surface area (TPSA) is 52.4 Å². The minimum absolute atomic E-state index is 0.599. The fourth-order valence-electron chi connectivity index (χ4n) is 4.30. The molecule has 33 heavy (non-hydrogen) atoms. The van der Waals surface area contributed by atoms with Crippen LogP contribution in [0.1, 0.15) is 42.6 Å². The van der Waals surface area contributed by atoms with Gasteiger partial charge in [0, 0.05) is 12.2 Å². The molecule has 2 aromatic carbocycles. The van der Waals surface area contributed by atoms with E-state index in [0.29, 0.717) is 24.0 Å². The number of hydrogen-bond acceptors (Lipinski definition) is 6. The SMILES string of the molecule is Clc1cc(CSc2nnc(CN3CCCCC3)n2Cc2ccccc2)cc2c1OCCCO2. The van der Waals surface area contributed by atoms with Crippen LogP contribution in [0.25, 0.3) is 0 Å². The summed E-state index contributed by atoms with van der Waals surface area (Å²) < 4.78 is 13.9. The zero-order valence-corrected chi connectivity index (χ0v) is 20.3. The lowest BCUT2D eigenvalue weighted by atomic mass is 10.1. The van der Waals surface area contributed by atoms with Gasteiger partial charge in [0.15, 0.2) is 16.7 Å². The molecule has 2 aliphatic rings. The van der Waals surface area contributed by atoms with Crippen molar-refractivity contribution in [1.82, 2.24) is 19.7 Å². The summed E-state index contributed by atoms with van der Waals surface area (Å²) in [6, 6.07) is 14.5. The van der Waals surface area contributed by atoms with Crippen molar-refractivity contribution in [2.45, 2.75) is 49.7 Å². The molecular formula is C25H29ClN4O2S. The van der Waals surface area contributed by atoms with Crippen LogP contribution < -0.4 is 9.47 Å². The average Bonchev–Trinajstić information content (AvgIpc) is 3.04. The molecule has 0 bridgehead atoms. The van der Waals surface area contributed by atoms with E-state index in [2.05, 4.69) is 43.9 Å². The number of rotatable bonds is 7. The van der Waals surface area contributed by atoms with Crippen molar-refractivity contribution in [2.24, 2.45) is 0 Å². The normalized spacial score (nSPS) is 16.5. The van der Waals surface area contributed by atoms with Crippen LogP contribution in [-0.2, 0) is 18.8 Å². The number of nitrogens with zero attached hydrogens (tertiary/aromatic N) is 4. The van der Waals surface area contributed by atoms with Gasteiger partial charge in [-0.05, 0) is 49.2 Å². The molecule has 1 saturated heterocycles. The van der Waals surface area contributed by atoms with Crippen LogP contribution >= 0.6 is 23.4 Å². The minimum atomic E-state index is 0.599. The number of hydrogen-bond donors (Lipinski definition) is 0. The molecule has 0 atom stereocenters. The first-order valence-electron chi connectivity index (χ1n) is 11.7. The summed E-state index contributed by atoms with van der Waals surface area (Å²) in [5.41, 5.74) is 2.33. The number of thioether (sulfide) groups is 1. The average molecular weight is 485 g/mol. The molecule has 1 aromatic heterocycles. The quantitative estimate of drug-likeness (QED) is 0.417. The van der Waals surface area contributed by atoms with Gasteiger partial charge in [-0.3, -0.25) is 4.90 Å². The van der Waals surface area contributed by atoms with Gasteiger partial charge in [0.2, 0.25) is 0 Å². The highest BCUT2D eigenvalue weighted by Crippen LogP contribution is 2.39. The minimum Gasteiger partial charge on any atom is -0.489 e. The fourth-order valence-corrected chi connectivity index (χ4v) is 5.47. The van der Waals surface area contributed by atoms with Crippen LogP contribution in [-0.4, -0.2) is 46.0 Å². The fraction of sp³-hybridized carbons (Fsp3) is 0.440. The van der Waals surface area contributed by atoms with Crippen molar-refractivity contribution in [3.8, 4) is 11.5 Å². The van der Waals surface area contributed by atoms with Crippen LogP contribution in [0.4, 0.5) is 0 Å². The monoisotopic (exact) mass is 484 g/mol. The first-order valence-corrected chi connectivity index (χ1v) is 13.0. The van der Waals surface area contributed by atoms with Crippen molar-refractivity contribution in [3.05, 3.63) is 64.4 Å². The maximum atomic E-state index is 6.50. The van der Waals surface area contributed by atoms with Gasteiger partial charge in [-0.2, -0.15) is 0 Å². The Morgan fingerprint density at radius 1 is 0.879 bits per heavy atom. The van der Waals surface area contributed by atoms with Crippen LogP contribution in [0.15, 0.2) is 47.6 Å². The second-order valence-electron chi connectivity index (χ2n) is 8.55. The maximum absolute atomic E-state index is 6.50. The number of piperidine rings is 1. The van der Waals surface area contributed by atoms with Crippen LogP contribution in [0.5, 0.6) is 11.5 Å². The summed E-state index contributed by atoms with van der Waals surface area (Å²) in [6.07, 6.45) is 4.71. The Morgan fingerprint density at radius 2 is 1.70 bits per heavy atom. The number of fused-ring (bicyclic) bond motifs is 1. The first kappa shape index (κ1) is 22.6. The van der Waals surface area contributed by atoms with E-state index in [-0.39, 0.29) is 0 Å². The van der Waals surface area contributed by atoms with E-state index in [4.69, 9.17) is 21.1 Å². The molecule has 3 heterocycles. The van der Waals surface area contributed by atoms with E-state index in [9.17, 15) is 0 Å². The molecule has 3 aromatic rings. The lowest BCUT2D eigenvalue weighted by Gasteiger charge is -2.26. The van der Waals surface area contributed by atoms with Crippen molar-refractivity contribution in [2.75, 3.05) is 26.3 Å². The van der Waals surface area contributed by atoms with E-state index in [1.807, 2.05) is 18.2 Å².